The van der Waals surface area contributed by atoms with Crippen molar-refractivity contribution in [2.75, 3.05) is 26.2 Å². The van der Waals surface area contributed by atoms with Crippen molar-refractivity contribution in [2.24, 2.45) is 11.8 Å². The van der Waals surface area contributed by atoms with Crippen molar-refractivity contribution < 1.29 is 47.8 Å². The zero-order chi connectivity index (χ0) is 36.9. The Labute approximate surface area is 326 Å². The molecule has 1 saturated carbocycles. The van der Waals surface area contributed by atoms with Gasteiger partial charge in [0.15, 0.2) is 23.9 Å². The number of fused-ring (bicyclic) bond motifs is 3. The van der Waals surface area contributed by atoms with Gasteiger partial charge in [-0.15, -0.1) is 11.3 Å². The van der Waals surface area contributed by atoms with Crippen LogP contribution in [0.25, 0.3) is 0 Å². The average Bonchev–Trinajstić information content (AvgIpc) is 3.87. The van der Waals surface area contributed by atoms with Crippen LogP contribution in [0, 0.1) is 11.8 Å². The molecule has 3 saturated heterocycles. The Morgan fingerprint density at radius 3 is 2.35 bits per heavy atom. The lowest BCUT2D eigenvalue weighted by atomic mass is 9.86. The molecule has 4 fully saturated rings. The molecule has 2 bridgehead atoms. The Hall–Kier alpha value is -3.85. The molecule has 10 nitrogen and oxygen atoms in total. The lowest BCUT2D eigenvalue weighted by Gasteiger charge is -2.44. The maximum Gasteiger partial charge on any atom is 0.387 e. The summed E-state index contributed by atoms with van der Waals surface area (Å²) in [4.78, 5) is 33.7. The van der Waals surface area contributed by atoms with Gasteiger partial charge in [-0.3, -0.25) is 10.2 Å². The summed E-state index contributed by atoms with van der Waals surface area (Å²) in [6.07, 6.45) is 6.26. The second kappa shape index (κ2) is 18.2. The van der Waals surface area contributed by atoms with Gasteiger partial charge in [-0.1, -0.05) is 59.6 Å². The van der Waals surface area contributed by atoms with Gasteiger partial charge in [0.25, 0.3) is 0 Å². The van der Waals surface area contributed by atoms with E-state index in [1.54, 1.807) is 30.6 Å². The van der Waals surface area contributed by atoms with Crippen molar-refractivity contribution in [2.45, 2.75) is 63.5 Å². The Morgan fingerprint density at radius 2 is 1.69 bits per heavy atom. The van der Waals surface area contributed by atoms with E-state index in [-0.39, 0.29) is 35.5 Å². The number of rotatable bonds is 16. The number of halogens is 4. The third-order valence-corrected chi connectivity index (χ3v) is 11.7. The molecule has 288 valence electrons. The van der Waals surface area contributed by atoms with E-state index in [4.69, 9.17) is 42.1 Å². The number of aromatic nitrogens is 1. The van der Waals surface area contributed by atoms with E-state index in [1.165, 1.54) is 17.4 Å². The molecule has 3 atom stereocenters. The quantitative estimate of drug-likeness (QED) is 0.113. The number of hydrogen-bond donors (Lipinski definition) is 1. The maximum atomic E-state index is 13.7. The number of aromatic amines is 1. The first-order valence-corrected chi connectivity index (χ1v) is 19.3. The monoisotopic (exact) mass is 803 g/mol. The zero-order valence-electron chi connectivity index (χ0n) is 29.2. The fraction of sp³-hybridized carbons (Fsp3) is 0.410. The predicted molar refractivity (Wildman–Crippen MR) is 197 cm³/mol. The van der Waals surface area contributed by atoms with Crippen molar-refractivity contribution in [1.29, 1.82) is 0 Å². The van der Waals surface area contributed by atoms with Crippen LogP contribution < -0.4 is 19.8 Å². The first-order valence-electron chi connectivity index (χ1n) is 17.8. The van der Waals surface area contributed by atoms with Crippen molar-refractivity contribution in [3.8, 4) is 11.5 Å². The van der Waals surface area contributed by atoms with E-state index in [2.05, 4.69) is 15.2 Å². The summed E-state index contributed by atoms with van der Waals surface area (Å²) in [5.41, 5.74) is 1.81. The van der Waals surface area contributed by atoms with E-state index >= 15 is 0 Å². The van der Waals surface area contributed by atoms with Crippen LogP contribution >= 0.6 is 34.5 Å². The van der Waals surface area contributed by atoms with Crippen molar-refractivity contribution in [1.82, 2.24) is 10.2 Å². The number of pyridine rings is 1. The van der Waals surface area contributed by atoms with E-state index in [0.717, 1.165) is 55.8 Å². The minimum absolute atomic E-state index is 0. The number of benzene rings is 2. The molecule has 1 unspecified atom stereocenters. The molecule has 2 aromatic heterocycles. The Morgan fingerprint density at radius 1 is 0.944 bits per heavy atom. The third kappa shape index (κ3) is 10.1. The summed E-state index contributed by atoms with van der Waals surface area (Å²) >= 11 is 14.2. The number of alkyl halides is 2. The molecule has 5 heterocycles. The summed E-state index contributed by atoms with van der Waals surface area (Å²) < 4.78 is 49.3. The fourth-order valence-corrected chi connectivity index (χ4v) is 8.20. The first-order chi connectivity index (χ1) is 25.7. The number of H-pyrrole nitrogens is 1. The van der Waals surface area contributed by atoms with Crippen molar-refractivity contribution in [3.05, 3.63) is 110 Å². The second-order valence-electron chi connectivity index (χ2n) is 13.7. The number of nitrogens with zero attached hydrogens (tertiary/aromatic N) is 1. The molecule has 15 heteroatoms. The summed E-state index contributed by atoms with van der Waals surface area (Å²) in [7, 11) is 0. The highest BCUT2D eigenvalue weighted by Crippen LogP contribution is 2.38. The van der Waals surface area contributed by atoms with Gasteiger partial charge in [-0.2, -0.15) is 8.78 Å². The van der Waals surface area contributed by atoms with Crippen LogP contribution in [0.3, 0.4) is 0 Å². The Balaban J connectivity index is 0.00000497. The Bertz CT molecular complexity index is 1870. The minimum Gasteiger partial charge on any atom is -0.870 e. The molecule has 2 aromatic carbocycles. The number of piperidine rings is 3. The molecule has 0 spiro atoms. The van der Waals surface area contributed by atoms with Gasteiger partial charge in [-0.05, 0) is 86.0 Å². The zero-order valence-corrected chi connectivity index (χ0v) is 31.6. The number of esters is 2. The summed E-state index contributed by atoms with van der Waals surface area (Å²) in [5, 5.41) is 4.04. The number of nitrogens with one attached hydrogen (secondary N) is 2. The van der Waals surface area contributed by atoms with Gasteiger partial charge < -0.3 is 24.4 Å². The van der Waals surface area contributed by atoms with Gasteiger partial charge in [0.2, 0.25) is 0 Å². The molecular weight excluding hydrogens is 763 g/mol. The molecular formula is C39H41Cl2F2N3O7S. The van der Waals surface area contributed by atoms with Gasteiger partial charge in [-0.25, -0.2) is 14.6 Å². The van der Waals surface area contributed by atoms with Crippen LogP contribution in [0.1, 0.15) is 69.1 Å². The lowest BCUT2D eigenvalue weighted by Crippen LogP contribution is -2.52. The van der Waals surface area contributed by atoms with Gasteiger partial charge in [0.1, 0.15) is 33.2 Å². The predicted octanol–water partition coefficient (Wildman–Crippen LogP) is 7.69. The first kappa shape index (κ1) is 39.8. The molecule has 0 amide bonds. The van der Waals surface area contributed by atoms with E-state index in [9.17, 15) is 18.4 Å². The van der Waals surface area contributed by atoms with Crippen molar-refractivity contribution in [3.63, 3.8) is 0 Å². The highest BCUT2D eigenvalue weighted by molar-refractivity contribution is 7.13. The molecule has 4 aliphatic rings. The lowest BCUT2D eigenvalue weighted by molar-refractivity contribution is -0.377. The second-order valence-corrected chi connectivity index (χ2v) is 15.7. The maximum absolute atomic E-state index is 13.7. The molecule has 0 radical (unpaired) electrons. The molecule has 54 heavy (non-hydrogen) atoms. The minimum atomic E-state index is -3.04. The van der Waals surface area contributed by atoms with Crippen molar-refractivity contribution >= 4 is 46.5 Å². The van der Waals surface area contributed by atoms with E-state index in [0.29, 0.717) is 51.0 Å². The fourth-order valence-electron chi connectivity index (χ4n) is 6.82. The summed E-state index contributed by atoms with van der Waals surface area (Å²) in [5.74, 6) is -0.180. The third-order valence-electron chi connectivity index (χ3n) is 9.94. The number of hydrogen-bond acceptors (Lipinski definition) is 10. The van der Waals surface area contributed by atoms with Gasteiger partial charge in [0, 0.05) is 30.0 Å². The highest BCUT2D eigenvalue weighted by atomic mass is 35.5. The highest BCUT2D eigenvalue weighted by Gasteiger charge is 2.38. The SMILES string of the molecule is O=C(O[C@@H](Cc1c(Cl)c[nH+]cc1Cl)c1ccc(OC(F)F)c(OCC2CC2)c1)c1ccc(CNC(C(=O)O[C@H]2CN3CCC2CC3)c2ccccc2)s1.[OH-]. The van der Waals surface area contributed by atoms with Crippen LogP contribution in [0.2, 0.25) is 10.0 Å². The van der Waals surface area contributed by atoms with Crippen LogP contribution in [0.5, 0.6) is 11.5 Å². The smallest absolute Gasteiger partial charge is 0.387 e. The summed E-state index contributed by atoms with van der Waals surface area (Å²) in [6, 6.07) is 16.7. The van der Waals surface area contributed by atoms with E-state index in [1.807, 2.05) is 36.4 Å². The molecule has 4 aromatic rings. The molecule has 3 aliphatic heterocycles. The largest absolute Gasteiger partial charge is 0.870 e. The normalized spacial score (nSPS) is 20.1. The number of carbonyl (C=O) groups excluding carboxylic acids is 2. The van der Waals surface area contributed by atoms with Crippen LogP contribution in [-0.2, 0) is 27.2 Å². The van der Waals surface area contributed by atoms with Crippen LogP contribution in [-0.4, -0.2) is 61.3 Å². The van der Waals surface area contributed by atoms with Gasteiger partial charge in [0.05, 0.1) is 6.61 Å². The average molecular weight is 805 g/mol. The number of carbonyl (C=O) groups is 2. The standard InChI is InChI=1S/C39H39Cl2F2N3O6S.H2O/c40-29-19-44-20-30(41)28(29)17-32(26-8-10-31(52-39(42)43)33(16-26)49-22-23-6-7-23)50-37(47)35-11-9-27(53-35)18-45-36(25-4-2-1-3-5-25)38(48)51-34-21-46-14-12-24(34)13-15-46;/h1-5,8-11,16,19-20,23-24,32,34,36,39,45H,6-7,12-15,17-18,21-22H2;1H2/t32-,34-,36?;/m0./s1. The van der Waals surface area contributed by atoms with E-state index < -0.39 is 24.7 Å². The number of ether oxygens (including phenoxy) is 4. The summed E-state index contributed by atoms with van der Waals surface area (Å²) in [6.45, 7) is 0.474. The topological polar surface area (TPSA) is 130 Å². The Kier molecular flexibility index (Phi) is 13.4. The number of thiophene rings is 1. The molecule has 3 N–H and O–H groups in total. The van der Waals surface area contributed by atoms with Gasteiger partial charge >= 0.3 is 18.6 Å². The molecule has 8 rings (SSSR count). The molecule has 1 aliphatic carbocycles. The van der Waals surface area contributed by atoms with Crippen LogP contribution in [0.4, 0.5) is 8.78 Å². The van der Waals surface area contributed by atoms with Crippen LogP contribution in [0.15, 0.2) is 73.1 Å².